The maximum absolute atomic E-state index is 3.16. The second-order valence-corrected chi connectivity index (χ2v) is 25.8. The average molecular weight is 625 g/mol. The molecule has 0 aromatic rings. The Hall–Kier alpha value is 1.16. The minimum absolute atomic E-state index is 1.37. The summed E-state index contributed by atoms with van der Waals surface area (Å²) >= 11 is 3.16. The first kappa shape index (κ1) is 36.2. The van der Waals surface area contributed by atoms with Crippen LogP contribution in [0.2, 0.25) is 0 Å². The molecule has 0 atom stereocenters. The number of unbranched alkanes of at least 4 members (excludes halogenated alkanes) is 21. The van der Waals surface area contributed by atoms with E-state index in [-0.39, 0.29) is 0 Å². The van der Waals surface area contributed by atoms with E-state index in [2.05, 4.69) is 49.7 Å². The second kappa shape index (κ2) is 25.4. The molecule has 0 aliphatic heterocycles. The number of hydrogen-bond donors (Lipinski definition) is 0. The van der Waals surface area contributed by atoms with Crippen molar-refractivity contribution < 1.29 is 0 Å². The third-order valence-corrected chi connectivity index (χ3v) is 20.1. The Bertz CT molecular complexity index is 392. The fourth-order valence-corrected chi connectivity index (χ4v) is 15.5. The number of rotatable bonds is 29. The Labute approximate surface area is 238 Å². The molecule has 0 nitrogen and oxygen atoms in total. The van der Waals surface area contributed by atoms with Crippen LogP contribution in [-0.4, -0.2) is 24.6 Å². The maximum atomic E-state index is 3.16. The van der Waals surface area contributed by atoms with Crippen molar-refractivity contribution in [1.82, 2.24) is 0 Å². The quantitative estimate of drug-likeness (QED) is 0.0441. The average Bonchev–Trinajstić information content (AvgIpc) is 2.84. The summed E-state index contributed by atoms with van der Waals surface area (Å²) in [6.45, 7) is 9.45. The van der Waals surface area contributed by atoms with Crippen LogP contribution in [0.5, 0.6) is 0 Å². The Morgan fingerprint density at radius 1 is 0.286 bits per heavy atom. The summed E-state index contributed by atoms with van der Waals surface area (Å²) in [5.74, 6) is 0. The van der Waals surface area contributed by atoms with Crippen molar-refractivity contribution >= 4 is 26.3 Å². The Morgan fingerprint density at radius 3 is 0.714 bits per heavy atom. The Balaban J connectivity index is 4.11. The molecular weight excluding hydrogens is 554 g/mol. The topological polar surface area (TPSA) is 0 Å². The molecule has 0 aliphatic carbocycles. The predicted molar refractivity (Wildman–Crippen MR) is 179 cm³/mol. The summed E-state index contributed by atoms with van der Waals surface area (Å²) in [5, 5.41) is 0. The summed E-state index contributed by atoms with van der Waals surface area (Å²) in [5.41, 5.74) is 0. The van der Waals surface area contributed by atoms with E-state index >= 15 is 0 Å². The Kier molecular flexibility index (Phi) is 26.3. The van der Waals surface area contributed by atoms with Gasteiger partial charge in [0.25, 0.3) is 0 Å². The van der Waals surface area contributed by atoms with Crippen molar-refractivity contribution in [3.63, 3.8) is 0 Å². The van der Waals surface area contributed by atoms with E-state index in [1.165, 1.54) is 161 Å². The summed E-state index contributed by atoms with van der Waals surface area (Å²) < 4.78 is -1.54. The van der Waals surface area contributed by atoms with Crippen LogP contribution in [0.15, 0.2) is 0 Å². The van der Waals surface area contributed by atoms with Gasteiger partial charge in [-0.1, -0.05) is 39.0 Å². The zero-order valence-electron chi connectivity index (χ0n) is 25.3. The molecule has 2 heteroatoms. The van der Waals surface area contributed by atoms with Crippen LogP contribution in [-0.2, 0) is 0 Å². The molecule has 0 bridgehead atoms. The van der Waals surface area contributed by atoms with Crippen molar-refractivity contribution in [2.24, 2.45) is 0 Å². The van der Waals surface area contributed by atoms with Gasteiger partial charge in [-0.15, -0.1) is 0 Å². The van der Waals surface area contributed by atoms with Gasteiger partial charge in [0.1, 0.15) is 0 Å². The molecule has 0 N–H and O–H groups in total. The van der Waals surface area contributed by atoms with Crippen LogP contribution in [0.3, 0.4) is 0 Å². The van der Waals surface area contributed by atoms with E-state index in [1.54, 1.807) is 24.6 Å². The molecule has 0 aromatic carbocycles. The second-order valence-electron chi connectivity index (χ2n) is 12.1. The first-order valence-corrected chi connectivity index (χ1v) is 22.5. The molecule has 0 saturated carbocycles. The molecular formula is C33H70IP. The van der Waals surface area contributed by atoms with Gasteiger partial charge in [0.15, 0.2) is 0 Å². The van der Waals surface area contributed by atoms with Gasteiger partial charge in [0.2, 0.25) is 0 Å². The molecule has 0 amide bonds. The van der Waals surface area contributed by atoms with Crippen molar-refractivity contribution in [2.75, 3.05) is 24.6 Å². The standard InChI is InChI=1S/C33H70IP/c1-5-9-13-14-15-16-17-18-19-20-21-22-23-24-25-29-33-35(34,30-26-10-6-2,31-27-11-7-3)32-28-12-8-4/h5-33H2,1-4H3. The zero-order valence-corrected chi connectivity index (χ0v) is 28.4. The van der Waals surface area contributed by atoms with Gasteiger partial charge in [-0.3, -0.25) is 0 Å². The van der Waals surface area contributed by atoms with E-state index in [9.17, 15) is 0 Å². The normalized spacial score (nSPS) is 13.2. The summed E-state index contributed by atoms with van der Waals surface area (Å²) in [6, 6.07) is 0. The third-order valence-electron chi connectivity index (χ3n) is 8.53. The van der Waals surface area contributed by atoms with Gasteiger partial charge in [-0.2, -0.15) is 0 Å². The van der Waals surface area contributed by atoms with Crippen LogP contribution in [0.25, 0.3) is 0 Å². The van der Waals surface area contributed by atoms with Crippen LogP contribution in [0.1, 0.15) is 188 Å². The molecule has 0 aliphatic rings. The molecule has 214 valence electrons. The zero-order chi connectivity index (χ0) is 26.0. The predicted octanol–water partition coefficient (Wildman–Crippen LogP) is 13.7. The molecule has 0 spiro atoms. The van der Waals surface area contributed by atoms with E-state index in [4.69, 9.17) is 0 Å². The van der Waals surface area contributed by atoms with Crippen LogP contribution in [0, 0.1) is 0 Å². The van der Waals surface area contributed by atoms with E-state index in [0.29, 0.717) is 0 Å². The van der Waals surface area contributed by atoms with Crippen LogP contribution < -0.4 is 0 Å². The van der Waals surface area contributed by atoms with Gasteiger partial charge in [0, 0.05) is 0 Å². The fourth-order valence-electron chi connectivity index (χ4n) is 6.00. The summed E-state index contributed by atoms with van der Waals surface area (Å²) in [6.07, 6.45) is 43.2. The Morgan fingerprint density at radius 2 is 0.457 bits per heavy atom. The minimum atomic E-state index is -1.54. The van der Waals surface area contributed by atoms with Gasteiger partial charge >= 0.3 is 200 Å². The summed E-state index contributed by atoms with van der Waals surface area (Å²) in [4.78, 5) is 0. The monoisotopic (exact) mass is 624 g/mol. The summed E-state index contributed by atoms with van der Waals surface area (Å²) in [7, 11) is 0. The SMILES string of the molecule is CCCCCCCCCCCCCCCCCCP(I)(CCCCC)(CCCCC)CCCCC. The van der Waals surface area contributed by atoms with Gasteiger partial charge in [0.05, 0.1) is 0 Å². The molecule has 0 fully saturated rings. The first-order chi connectivity index (χ1) is 17.0. The molecule has 0 heterocycles. The molecule has 35 heavy (non-hydrogen) atoms. The van der Waals surface area contributed by atoms with Gasteiger partial charge < -0.3 is 0 Å². The van der Waals surface area contributed by atoms with Gasteiger partial charge in [-0.25, -0.2) is 0 Å². The van der Waals surface area contributed by atoms with Crippen molar-refractivity contribution in [3.8, 4) is 0 Å². The molecule has 0 radical (unpaired) electrons. The van der Waals surface area contributed by atoms with E-state index in [0.717, 1.165) is 0 Å². The van der Waals surface area contributed by atoms with Crippen molar-refractivity contribution in [1.29, 1.82) is 0 Å². The first-order valence-electron chi connectivity index (χ1n) is 16.8. The van der Waals surface area contributed by atoms with Crippen molar-refractivity contribution in [3.05, 3.63) is 0 Å². The molecule has 0 rings (SSSR count). The van der Waals surface area contributed by atoms with Crippen LogP contribution >= 0.6 is 26.3 Å². The van der Waals surface area contributed by atoms with Crippen LogP contribution in [0.4, 0.5) is 0 Å². The van der Waals surface area contributed by atoms with E-state index < -0.39 is 4.25 Å². The number of hydrogen-bond acceptors (Lipinski definition) is 0. The molecule has 0 unspecified atom stereocenters. The fraction of sp³-hybridized carbons (Fsp3) is 1.00. The van der Waals surface area contributed by atoms with Crippen molar-refractivity contribution in [2.45, 2.75) is 188 Å². The van der Waals surface area contributed by atoms with Gasteiger partial charge in [-0.05, 0) is 0 Å². The number of halogens is 1. The van der Waals surface area contributed by atoms with E-state index in [1.807, 2.05) is 0 Å². The third kappa shape index (κ3) is 21.8. The molecule has 0 aromatic heterocycles. The molecule has 0 saturated heterocycles.